The van der Waals surface area contributed by atoms with Crippen molar-refractivity contribution in [1.82, 2.24) is 5.32 Å². The molecule has 1 aromatic carbocycles. The van der Waals surface area contributed by atoms with Crippen LogP contribution in [0.5, 0.6) is 11.5 Å². The van der Waals surface area contributed by atoms with Crippen LogP contribution in [0.1, 0.15) is 57.4 Å². The summed E-state index contributed by atoms with van der Waals surface area (Å²) in [6.07, 6.45) is 6.46. The molecule has 1 fully saturated rings. The van der Waals surface area contributed by atoms with Gasteiger partial charge >= 0.3 is 0 Å². The van der Waals surface area contributed by atoms with Crippen molar-refractivity contribution in [2.75, 3.05) is 26.5 Å². The molecule has 3 rings (SSSR count). The molecule has 2 aliphatic heterocycles. The molecule has 1 aromatic rings. The monoisotopic (exact) mass is 333 g/mol. The summed E-state index contributed by atoms with van der Waals surface area (Å²) in [7, 11) is 0. The van der Waals surface area contributed by atoms with E-state index in [0.29, 0.717) is 18.8 Å². The first-order chi connectivity index (χ1) is 11.7. The fourth-order valence-corrected chi connectivity index (χ4v) is 3.52. The Labute approximate surface area is 145 Å². The average molecular weight is 333 g/mol. The molecule has 2 atom stereocenters. The molecule has 2 aliphatic rings. The Morgan fingerprint density at radius 3 is 2.79 bits per heavy atom. The van der Waals surface area contributed by atoms with Gasteiger partial charge in [-0.2, -0.15) is 0 Å². The predicted molar refractivity (Wildman–Crippen MR) is 95.8 cm³/mol. The molecule has 24 heavy (non-hydrogen) atoms. The van der Waals surface area contributed by atoms with Gasteiger partial charge in [0, 0.05) is 13.2 Å². The SMILES string of the molecule is CC(C)CC[C@@H](CCNC[C@@H]1CCCO1)c1ccc2c(c1)OCO2. The maximum atomic E-state index is 5.68. The highest BCUT2D eigenvalue weighted by atomic mass is 16.7. The molecule has 0 bridgehead atoms. The molecule has 0 unspecified atom stereocenters. The highest BCUT2D eigenvalue weighted by molar-refractivity contribution is 5.45. The Morgan fingerprint density at radius 2 is 2.00 bits per heavy atom. The lowest BCUT2D eigenvalue weighted by atomic mass is 9.88. The van der Waals surface area contributed by atoms with Crippen LogP contribution in [-0.4, -0.2) is 32.6 Å². The van der Waals surface area contributed by atoms with Gasteiger partial charge in [-0.25, -0.2) is 0 Å². The first-order valence-electron chi connectivity index (χ1n) is 9.44. The quantitative estimate of drug-likeness (QED) is 0.691. The van der Waals surface area contributed by atoms with E-state index >= 15 is 0 Å². The van der Waals surface area contributed by atoms with E-state index in [1.807, 2.05) is 0 Å². The lowest BCUT2D eigenvalue weighted by Crippen LogP contribution is -2.27. The summed E-state index contributed by atoms with van der Waals surface area (Å²) in [5, 5.41) is 3.59. The second-order valence-corrected chi connectivity index (χ2v) is 7.41. The second-order valence-electron chi connectivity index (χ2n) is 7.41. The second kappa shape index (κ2) is 8.72. The molecule has 1 N–H and O–H groups in total. The van der Waals surface area contributed by atoms with Gasteiger partial charge in [-0.3, -0.25) is 0 Å². The van der Waals surface area contributed by atoms with Gasteiger partial charge in [-0.1, -0.05) is 26.3 Å². The van der Waals surface area contributed by atoms with Crippen LogP contribution in [0.15, 0.2) is 18.2 Å². The van der Waals surface area contributed by atoms with E-state index in [2.05, 4.69) is 37.4 Å². The molecule has 2 heterocycles. The van der Waals surface area contributed by atoms with Crippen molar-refractivity contribution in [2.24, 2.45) is 5.92 Å². The van der Waals surface area contributed by atoms with E-state index in [0.717, 1.165) is 43.5 Å². The Kier molecular flexibility index (Phi) is 6.38. The molecular formula is C20H31NO3. The van der Waals surface area contributed by atoms with Crippen molar-refractivity contribution >= 4 is 0 Å². The summed E-state index contributed by atoms with van der Waals surface area (Å²) in [5.74, 6) is 3.08. The van der Waals surface area contributed by atoms with Crippen molar-refractivity contribution in [3.05, 3.63) is 23.8 Å². The third-order valence-electron chi connectivity index (χ3n) is 5.03. The minimum Gasteiger partial charge on any atom is -0.454 e. The minimum atomic E-state index is 0.346. The van der Waals surface area contributed by atoms with Gasteiger partial charge in [0.25, 0.3) is 0 Å². The first kappa shape index (κ1) is 17.6. The summed E-state index contributed by atoms with van der Waals surface area (Å²) in [6.45, 7) is 7.90. The van der Waals surface area contributed by atoms with Crippen LogP contribution in [-0.2, 0) is 4.74 Å². The Morgan fingerprint density at radius 1 is 1.12 bits per heavy atom. The van der Waals surface area contributed by atoms with E-state index < -0.39 is 0 Å². The first-order valence-corrected chi connectivity index (χ1v) is 9.44. The predicted octanol–water partition coefficient (Wildman–Crippen LogP) is 4.09. The topological polar surface area (TPSA) is 39.7 Å². The van der Waals surface area contributed by atoms with Crippen molar-refractivity contribution in [1.29, 1.82) is 0 Å². The maximum absolute atomic E-state index is 5.68. The fourth-order valence-electron chi connectivity index (χ4n) is 3.52. The van der Waals surface area contributed by atoms with E-state index in [4.69, 9.17) is 14.2 Å². The average Bonchev–Trinajstić information content (AvgIpc) is 3.24. The number of fused-ring (bicyclic) bond motifs is 1. The maximum Gasteiger partial charge on any atom is 0.231 e. The third kappa shape index (κ3) is 4.87. The number of hydrogen-bond acceptors (Lipinski definition) is 4. The van der Waals surface area contributed by atoms with Gasteiger partial charge in [0.1, 0.15) is 0 Å². The van der Waals surface area contributed by atoms with Crippen LogP contribution >= 0.6 is 0 Å². The van der Waals surface area contributed by atoms with Crippen molar-refractivity contribution < 1.29 is 14.2 Å². The standard InChI is InChI=1S/C20H31NO3/c1-15(2)5-6-16(9-10-21-13-18-4-3-11-22-18)17-7-8-19-20(12-17)24-14-23-19/h7-8,12,15-16,18,21H,3-6,9-11,13-14H2,1-2H3/t16-,18-/m0/s1. The van der Waals surface area contributed by atoms with Crippen molar-refractivity contribution in [3.63, 3.8) is 0 Å². The van der Waals surface area contributed by atoms with Crippen molar-refractivity contribution in [3.8, 4) is 11.5 Å². The highest BCUT2D eigenvalue weighted by Crippen LogP contribution is 2.37. The molecule has 0 radical (unpaired) electrons. The summed E-state index contributed by atoms with van der Waals surface area (Å²) in [4.78, 5) is 0. The summed E-state index contributed by atoms with van der Waals surface area (Å²) < 4.78 is 16.7. The Bertz CT molecular complexity index is 512. The van der Waals surface area contributed by atoms with Crippen LogP contribution < -0.4 is 14.8 Å². The normalized spacial score (nSPS) is 20.7. The Balaban J connectivity index is 1.53. The number of benzene rings is 1. The molecule has 0 spiro atoms. The van der Waals surface area contributed by atoms with Crippen LogP contribution in [0.25, 0.3) is 0 Å². The largest absolute Gasteiger partial charge is 0.454 e. The highest BCUT2D eigenvalue weighted by Gasteiger charge is 2.19. The zero-order valence-corrected chi connectivity index (χ0v) is 15.1. The number of rotatable bonds is 9. The van der Waals surface area contributed by atoms with Gasteiger partial charge in [0.05, 0.1) is 6.10 Å². The van der Waals surface area contributed by atoms with E-state index in [1.54, 1.807) is 0 Å². The molecule has 0 saturated carbocycles. The van der Waals surface area contributed by atoms with E-state index in [1.165, 1.54) is 31.2 Å². The van der Waals surface area contributed by atoms with Crippen LogP contribution in [0, 0.1) is 5.92 Å². The van der Waals surface area contributed by atoms with E-state index in [-0.39, 0.29) is 0 Å². The molecule has 0 amide bonds. The van der Waals surface area contributed by atoms with E-state index in [9.17, 15) is 0 Å². The molecule has 134 valence electrons. The molecule has 4 heteroatoms. The molecular weight excluding hydrogens is 302 g/mol. The van der Waals surface area contributed by atoms with Crippen LogP contribution in [0.4, 0.5) is 0 Å². The zero-order chi connectivity index (χ0) is 16.8. The van der Waals surface area contributed by atoms with Gasteiger partial charge in [-0.05, 0) is 61.8 Å². The van der Waals surface area contributed by atoms with Gasteiger partial charge in [-0.15, -0.1) is 0 Å². The minimum absolute atomic E-state index is 0.346. The number of hydrogen-bond donors (Lipinski definition) is 1. The van der Waals surface area contributed by atoms with Crippen LogP contribution in [0.3, 0.4) is 0 Å². The number of ether oxygens (including phenoxy) is 3. The molecule has 0 aromatic heterocycles. The zero-order valence-electron chi connectivity index (χ0n) is 15.1. The van der Waals surface area contributed by atoms with Crippen LogP contribution in [0.2, 0.25) is 0 Å². The smallest absolute Gasteiger partial charge is 0.231 e. The third-order valence-corrected chi connectivity index (χ3v) is 5.03. The molecule has 4 nitrogen and oxygen atoms in total. The van der Waals surface area contributed by atoms with Gasteiger partial charge in [0.15, 0.2) is 11.5 Å². The lowest BCUT2D eigenvalue weighted by Gasteiger charge is -2.20. The molecule has 1 saturated heterocycles. The lowest BCUT2D eigenvalue weighted by molar-refractivity contribution is 0.110. The summed E-state index contributed by atoms with van der Waals surface area (Å²) in [6, 6.07) is 6.44. The van der Waals surface area contributed by atoms with Crippen molar-refractivity contribution in [2.45, 2.75) is 58.0 Å². The van der Waals surface area contributed by atoms with Gasteiger partial charge < -0.3 is 19.5 Å². The molecule has 0 aliphatic carbocycles. The Hall–Kier alpha value is -1.26. The van der Waals surface area contributed by atoms with Gasteiger partial charge in [0.2, 0.25) is 6.79 Å². The summed E-state index contributed by atoms with van der Waals surface area (Å²) in [5.41, 5.74) is 1.37. The summed E-state index contributed by atoms with van der Waals surface area (Å²) >= 11 is 0. The fraction of sp³-hybridized carbons (Fsp3) is 0.700. The number of nitrogens with one attached hydrogen (secondary N) is 1.